The molecule has 5 N–H and O–H groups in total. The molecule has 4 rings (SSSR count). The summed E-state index contributed by atoms with van der Waals surface area (Å²) in [4.78, 5) is 40.6. The van der Waals surface area contributed by atoms with E-state index >= 15 is 0 Å². The smallest absolute Gasteiger partial charge is 0.253 e. The third kappa shape index (κ3) is 4.20. The van der Waals surface area contributed by atoms with Gasteiger partial charge in [0.1, 0.15) is 0 Å². The topological polar surface area (TPSA) is 106 Å². The SMILES string of the molecule is C[NH+](C)CCNC(=O)c1ccccc1Nc1cc(Cl)c(N)c2c1C(=O)c1ccccc1C2=O. The number of rotatable bonds is 6. The molecule has 1 amide bonds. The molecule has 0 aromatic heterocycles. The van der Waals surface area contributed by atoms with E-state index in [1.165, 1.54) is 11.0 Å². The maximum Gasteiger partial charge on any atom is 0.253 e. The van der Waals surface area contributed by atoms with Crippen LogP contribution in [0.2, 0.25) is 5.02 Å². The second kappa shape index (κ2) is 9.05. The summed E-state index contributed by atoms with van der Waals surface area (Å²) in [5, 5.41) is 6.20. The van der Waals surface area contributed by atoms with Crippen LogP contribution in [0, 0.1) is 0 Å². The van der Waals surface area contributed by atoms with Gasteiger partial charge in [0, 0.05) is 11.1 Å². The molecule has 7 nitrogen and oxygen atoms in total. The van der Waals surface area contributed by atoms with Crippen molar-refractivity contribution in [2.75, 3.05) is 38.2 Å². The van der Waals surface area contributed by atoms with Gasteiger partial charge >= 0.3 is 0 Å². The van der Waals surface area contributed by atoms with Crippen molar-refractivity contribution in [3.8, 4) is 0 Å². The lowest BCUT2D eigenvalue weighted by Gasteiger charge is -2.23. The van der Waals surface area contributed by atoms with Crippen LogP contribution in [0.15, 0.2) is 54.6 Å². The summed E-state index contributed by atoms with van der Waals surface area (Å²) in [5.74, 6) is -0.940. The molecular weight excluding hydrogens is 440 g/mol. The van der Waals surface area contributed by atoms with Gasteiger partial charge < -0.3 is 21.3 Å². The highest BCUT2D eigenvalue weighted by atomic mass is 35.5. The Kier molecular flexibility index (Phi) is 6.18. The Morgan fingerprint density at radius 2 is 1.55 bits per heavy atom. The minimum absolute atomic E-state index is 0.0577. The molecule has 0 saturated heterocycles. The zero-order valence-corrected chi connectivity index (χ0v) is 19.0. The first kappa shape index (κ1) is 22.5. The Morgan fingerprint density at radius 3 is 2.21 bits per heavy atom. The number of hydrogen-bond acceptors (Lipinski definition) is 5. The quantitative estimate of drug-likeness (QED) is 0.328. The standard InChI is InChI=1S/C25H23ClN4O3/c1-30(2)12-11-28-25(33)16-9-5-6-10-18(16)29-19-13-17(26)22(27)21-20(19)23(31)14-7-3-4-8-15(14)24(21)32/h3-10,13,29H,11-12,27H2,1-2H3,(H,28,33)/p+1. The van der Waals surface area contributed by atoms with E-state index in [0.717, 1.165) is 6.54 Å². The van der Waals surface area contributed by atoms with E-state index in [1.807, 2.05) is 14.1 Å². The van der Waals surface area contributed by atoms with Crippen molar-refractivity contribution in [1.29, 1.82) is 0 Å². The zero-order valence-electron chi connectivity index (χ0n) is 18.3. The minimum Gasteiger partial charge on any atom is -0.397 e. The Labute approximate surface area is 196 Å². The average molecular weight is 464 g/mol. The molecule has 0 spiro atoms. The van der Waals surface area contributed by atoms with E-state index in [0.29, 0.717) is 29.0 Å². The highest BCUT2D eigenvalue weighted by molar-refractivity contribution is 6.38. The number of para-hydroxylation sites is 1. The van der Waals surface area contributed by atoms with Gasteiger partial charge in [-0.15, -0.1) is 0 Å². The number of benzene rings is 3. The molecule has 3 aromatic carbocycles. The number of nitrogens with two attached hydrogens (primary N) is 1. The molecule has 0 radical (unpaired) electrons. The van der Waals surface area contributed by atoms with Crippen molar-refractivity contribution < 1.29 is 19.3 Å². The number of nitrogen functional groups attached to an aromatic ring is 1. The van der Waals surface area contributed by atoms with Gasteiger partial charge in [-0.1, -0.05) is 48.0 Å². The monoisotopic (exact) mass is 463 g/mol. The van der Waals surface area contributed by atoms with Gasteiger partial charge in [0.05, 0.1) is 66.0 Å². The maximum atomic E-state index is 13.4. The van der Waals surface area contributed by atoms with Crippen LogP contribution < -0.4 is 21.3 Å². The molecule has 8 heteroatoms. The van der Waals surface area contributed by atoms with Crippen LogP contribution in [-0.2, 0) is 0 Å². The summed E-state index contributed by atoms with van der Waals surface area (Å²) in [7, 11) is 4.01. The first-order chi connectivity index (χ1) is 15.8. The normalized spacial score (nSPS) is 12.4. The number of fused-ring (bicyclic) bond motifs is 2. The van der Waals surface area contributed by atoms with E-state index in [1.54, 1.807) is 48.5 Å². The van der Waals surface area contributed by atoms with E-state index in [2.05, 4.69) is 10.6 Å². The predicted molar refractivity (Wildman–Crippen MR) is 129 cm³/mol. The fourth-order valence-electron chi connectivity index (χ4n) is 3.84. The van der Waals surface area contributed by atoms with E-state index in [4.69, 9.17) is 17.3 Å². The summed E-state index contributed by atoms with van der Waals surface area (Å²) in [6.07, 6.45) is 0. The van der Waals surface area contributed by atoms with Crippen LogP contribution in [0.25, 0.3) is 0 Å². The molecule has 0 fully saturated rings. The number of nitrogens with one attached hydrogen (secondary N) is 3. The number of anilines is 3. The predicted octanol–water partition coefficient (Wildman–Crippen LogP) is 2.32. The maximum absolute atomic E-state index is 13.4. The molecule has 0 aliphatic heterocycles. The molecule has 0 heterocycles. The van der Waals surface area contributed by atoms with Crippen LogP contribution in [-0.4, -0.2) is 44.7 Å². The Hall–Kier alpha value is -3.68. The van der Waals surface area contributed by atoms with Crippen molar-refractivity contribution in [1.82, 2.24) is 5.32 Å². The first-order valence-electron chi connectivity index (χ1n) is 10.5. The summed E-state index contributed by atoms with van der Waals surface area (Å²) >= 11 is 6.35. The van der Waals surface area contributed by atoms with Crippen molar-refractivity contribution >= 4 is 46.1 Å². The highest BCUT2D eigenvalue weighted by Gasteiger charge is 2.34. The highest BCUT2D eigenvalue weighted by Crippen LogP contribution is 2.40. The molecule has 0 saturated carbocycles. The molecule has 0 bridgehead atoms. The Balaban J connectivity index is 1.76. The number of halogens is 1. The van der Waals surface area contributed by atoms with Crippen molar-refractivity contribution in [3.63, 3.8) is 0 Å². The summed E-state index contributed by atoms with van der Waals surface area (Å²) in [5.41, 5.74) is 8.20. The summed E-state index contributed by atoms with van der Waals surface area (Å²) in [6, 6.07) is 15.1. The van der Waals surface area contributed by atoms with Crippen LogP contribution in [0.4, 0.5) is 17.1 Å². The van der Waals surface area contributed by atoms with E-state index < -0.39 is 0 Å². The third-order valence-electron chi connectivity index (χ3n) is 5.54. The lowest BCUT2D eigenvalue weighted by atomic mass is 9.82. The van der Waals surface area contributed by atoms with Crippen LogP contribution in [0.3, 0.4) is 0 Å². The number of hydrogen-bond donors (Lipinski definition) is 4. The number of ketones is 2. The average Bonchev–Trinajstić information content (AvgIpc) is 2.79. The van der Waals surface area contributed by atoms with E-state index in [9.17, 15) is 14.4 Å². The Bertz CT molecular complexity index is 1290. The van der Waals surface area contributed by atoms with Gasteiger partial charge in [-0.05, 0) is 18.2 Å². The van der Waals surface area contributed by atoms with Gasteiger partial charge in [-0.25, -0.2) is 0 Å². The summed E-state index contributed by atoms with van der Waals surface area (Å²) in [6.45, 7) is 1.29. The Morgan fingerprint density at radius 1 is 0.939 bits per heavy atom. The fraction of sp³-hybridized carbons (Fsp3) is 0.160. The zero-order chi connectivity index (χ0) is 23.7. The molecule has 168 valence electrons. The lowest BCUT2D eigenvalue weighted by Crippen LogP contribution is -3.06. The minimum atomic E-state index is -0.361. The lowest BCUT2D eigenvalue weighted by molar-refractivity contribution is -0.856. The number of likely N-dealkylation sites (N-methyl/N-ethyl adjacent to an activating group) is 1. The van der Waals surface area contributed by atoms with Crippen LogP contribution in [0.1, 0.15) is 42.2 Å². The molecule has 0 unspecified atom stereocenters. The van der Waals surface area contributed by atoms with Gasteiger partial charge in [-0.3, -0.25) is 14.4 Å². The molecule has 0 atom stereocenters. The summed E-state index contributed by atoms with van der Waals surface area (Å²) < 4.78 is 0. The second-order valence-electron chi connectivity index (χ2n) is 8.16. The fourth-order valence-corrected chi connectivity index (χ4v) is 4.04. The van der Waals surface area contributed by atoms with Gasteiger partial charge in [-0.2, -0.15) is 0 Å². The van der Waals surface area contributed by atoms with Crippen molar-refractivity contribution in [3.05, 3.63) is 87.4 Å². The van der Waals surface area contributed by atoms with Crippen molar-refractivity contribution in [2.24, 2.45) is 0 Å². The van der Waals surface area contributed by atoms with Crippen LogP contribution in [0.5, 0.6) is 0 Å². The van der Waals surface area contributed by atoms with Gasteiger partial charge in [0.2, 0.25) is 0 Å². The van der Waals surface area contributed by atoms with Crippen molar-refractivity contribution in [2.45, 2.75) is 0 Å². The number of carbonyl (C=O) groups is 3. The number of quaternary nitrogens is 1. The molecule has 1 aliphatic carbocycles. The number of amides is 1. The molecule has 1 aliphatic rings. The molecule has 33 heavy (non-hydrogen) atoms. The molecular formula is C25H24ClN4O3+. The molecule has 3 aromatic rings. The first-order valence-corrected chi connectivity index (χ1v) is 10.9. The second-order valence-corrected chi connectivity index (χ2v) is 8.56. The van der Waals surface area contributed by atoms with E-state index in [-0.39, 0.29) is 44.9 Å². The number of carbonyl (C=O) groups excluding carboxylic acids is 3. The van der Waals surface area contributed by atoms with Crippen LogP contribution >= 0.6 is 11.6 Å². The third-order valence-corrected chi connectivity index (χ3v) is 5.85. The largest absolute Gasteiger partial charge is 0.397 e. The van der Waals surface area contributed by atoms with Gasteiger partial charge in [0.25, 0.3) is 5.91 Å². The van der Waals surface area contributed by atoms with Gasteiger partial charge in [0.15, 0.2) is 11.6 Å².